The van der Waals surface area contributed by atoms with Gasteiger partial charge in [0.15, 0.2) is 0 Å². The third kappa shape index (κ3) is 5.33. The number of rotatable bonds is 6. The van der Waals surface area contributed by atoms with Crippen molar-refractivity contribution in [3.8, 4) is 5.75 Å². The maximum absolute atomic E-state index is 12.8. The Morgan fingerprint density at radius 1 is 1.00 bits per heavy atom. The molecule has 25 heavy (non-hydrogen) atoms. The van der Waals surface area contributed by atoms with Gasteiger partial charge < -0.3 is 4.74 Å². The number of hydrogen-bond acceptors (Lipinski definition) is 3. The van der Waals surface area contributed by atoms with E-state index in [2.05, 4.69) is 10.5 Å². The van der Waals surface area contributed by atoms with E-state index in [1.165, 1.54) is 12.1 Å². The molecule has 0 spiro atoms. The summed E-state index contributed by atoms with van der Waals surface area (Å²) >= 11 is 5.97. The molecule has 1 N–H and O–H groups in total. The monoisotopic (exact) mass is 354 g/mol. The van der Waals surface area contributed by atoms with Gasteiger partial charge in [-0.25, -0.2) is 4.39 Å². The number of hydrogen-bond donors (Lipinski definition) is 1. The molecule has 0 atom stereocenters. The zero-order valence-corrected chi connectivity index (χ0v) is 14.1. The van der Waals surface area contributed by atoms with Gasteiger partial charge in [0.1, 0.15) is 18.2 Å². The largest absolute Gasteiger partial charge is 0.489 e. The topological polar surface area (TPSA) is 33.6 Å². The van der Waals surface area contributed by atoms with E-state index in [9.17, 15) is 4.39 Å². The highest BCUT2D eigenvalue weighted by molar-refractivity contribution is 6.30. The Morgan fingerprint density at radius 3 is 2.60 bits per heavy atom. The first kappa shape index (κ1) is 17.0. The highest BCUT2D eigenvalue weighted by atomic mass is 35.5. The third-order valence-corrected chi connectivity index (χ3v) is 3.64. The van der Waals surface area contributed by atoms with Crippen LogP contribution in [0.15, 0.2) is 77.9 Å². The van der Waals surface area contributed by atoms with Gasteiger partial charge in [0.05, 0.1) is 11.9 Å². The fourth-order valence-corrected chi connectivity index (χ4v) is 2.40. The fourth-order valence-electron chi connectivity index (χ4n) is 2.18. The lowest BCUT2D eigenvalue weighted by molar-refractivity contribution is 0.306. The average Bonchev–Trinajstić information content (AvgIpc) is 2.62. The van der Waals surface area contributed by atoms with Crippen LogP contribution in [0, 0.1) is 5.82 Å². The van der Waals surface area contributed by atoms with Gasteiger partial charge in [-0.2, -0.15) is 5.10 Å². The third-order valence-electron chi connectivity index (χ3n) is 3.40. The quantitative estimate of drug-likeness (QED) is 0.468. The van der Waals surface area contributed by atoms with Gasteiger partial charge in [-0.05, 0) is 59.7 Å². The minimum atomic E-state index is -0.279. The van der Waals surface area contributed by atoms with Crippen molar-refractivity contribution >= 4 is 23.5 Å². The van der Waals surface area contributed by atoms with Crippen molar-refractivity contribution in [2.45, 2.75) is 6.61 Å². The lowest BCUT2D eigenvalue weighted by Gasteiger charge is -2.07. The van der Waals surface area contributed by atoms with Gasteiger partial charge >= 0.3 is 0 Å². The second-order valence-electron chi connectivity index (χ2n) is 5.37. The Kier molecular flexibility index (Phi) is 5.65. The van der Waals surface area contributed by atoms with Crippen molar-refractivity contribution in [1.29, 1.82) is 0 Å². The first-order valence-electron chi connectivity index (χ1n) is 7.71. The highest BCUT2D eigenvalue weighted by Gasteiger charge is 1.98. The number of benzene rings is 3. The summed E-state index contributed by atoms with van der Waals surface area (Å²) in [5, 5.41) is 4.83. The molecular weight excluding hydrogens is 339 g/mol. The SMILES string of the molecule is Fc1ccc(NN=Cc2cccc(OCc3cccc(Cl)c3)c2)cc1. The summed E-state index contributed by atoms with van der Waals surface area (Å²) in [6, 6.07) is 21.1. The summed E-state index contributed by atoms with van der Waals surface area (Å²) in [6.07, 6.45) is 1.68. The molecule has 0 saturated carbocycles. The molecule has 0 aromatic heterocycles. The smallest absolute Gasteiger partial charge is 0.123 e. The van der Waals surface area contributed by atoms with Gasteiger partial charge in [0.2, 0.25) is 0 Å². The number of ether oxygens (including phenoxy) is 1. The van der Waals surface area contributed by atoms with Crippen LogP contribution >= 0.6 is 11.6 Å². The summed E-state index contributed by atoms with van der Waals surface area (Å²) in [4.78, 5) is 0. The Labute approximate surface area is 150 Å². The van der Waals surface area contributed by atoms with Gasteiger partial charge in [0, 0.05) is 5.02 Å². The molecule has 0 unspecified atom stereocenters. The van der Waals surface area contributed by atoms with Crippen molar-refractivity contribution in [3.05, 3.63) is 94.8 Å². The molecule has 0 fully saturated rings. The summed E-state index contributed by atoms with van der Waals surface area (Å²) in [5.74, 6) is 0.463. The Bertz CT molecular complexity index is 866. The van der Waals surface area contributed by atoms with Crippen molar-refractivity contribution < 1.29 is 9.13 Å². The fraction of sp³-hybridized carbons (Fsp3) is 0.0500. The van der Waals surface area contributed by atoms with Gasteiger partial charge in [-0.1, -0.05) is 35.9 Å². The predicted molar refractivity (Wildman–Crippen MR) is 99.8 cm³/mol. The van der Waals surface area contributed by atoms with E-state index in [4.69, 9.17) is 16.3 Å². The summed E-state index contributed by atoms with van der Waals surface area (Å²) < 4.78 is 18.6. The molecule has 3 aromatic rings. The minimum Gasteiger partial charge on any atom is -0.489 e. The minimum absolute atomic E-state index is 0.279. The van der Waals surface area contributed by atoms with E-state index in [1.807, 2.05) is 48.5 Å². The van der Waals surface area contributed by atoms with Crippen LogP contribution < -0.4 is 10.2 Å². The molecule has 0 amide bonds. The maximum Gasteiger partial charge on any atom is 0.123 e. The second-order valence-corrected chi connectivity index (χ2v) is 5.80. The first-order chi connectivity index (χ1) is 12.2. The zero-order chi connectivity index (χ0) is 17.5. The Balaban J connectivity index is 1.59. The average molecular weight is 355 g/mol. The summed E-state index contributed by atoms with van der Waals surface area (Å²) in [7, 11) is 0. The molecule has 3 rings (SSSR count). The number of halogens is 2. The maximum atomic E-state index is 12.8. The van der Waals surface area contributed by atoms with Crippen LogP contribution in [0.3, 0.4) is 0 Å². The van der Waals surface area contributed by atoms with Crippen molar-refractivity contribution in [2.75, 3.05) is 5.43 Å². The molecular formula is C20H16ClFN2O. The predicted octanol–water partition coefficient (Wildman–Crippen LogP) is 5.50. The molecule has 126 valence electrons. The van der Waals surface area contributed by atoms with Crippen molar-refractivity contribution in [2.24, 2.45) is 5.10 Å². The lowest BCUT2D eigenvalue weighted by Crippen LogP contribution is -1.96. The van der Waals surface area contributed by atoms with Crippen LogP contribution in [0.5, 0.6) is 5.75 Å². The lowest BCUT2D eigenvalue weighted by atomic mass is 10.2. The molecule has 0 aliphatic carbocycles. The zero-order valence-electron chi connectivity index (χ0n) is 13.3. The molecule has 0 bridgehead atoms. The molecule has 0 aliphatic rings. The summed E-state index contributed by atoms with van der Waals surface area (Å²) in [5.41, 5.74) is 5.46. The van der Waals surface area contributed by atoms with Crippen molar-refractivity contribution in [1.82, 2.24) is 0 Å². The van der Waals surface area contributed by atoms with Crippen LogP contribution in [-0.2, 0) is 6.61 Å². The van der Waals surface area contributed by atoms with E-state index >= 15 is 0 Å². The Hall–Kier alpha value is -2.85. The van der Waals surface area contributed by atoms with E-state index < -0.39 is 0 Å². The Morgan fingerprint density at radius 2 is 1.80 bits per heavy atom. The number of nitrogens with zero attached hydrogens (tertiary/aromatic N) is 1. The normalized spacial score (nSPS) is 10.8. The molecule has 3 nitrogen and oxygen atoms in total. The van der Waals surface area contributed by atoms with Crippen LogP contribution in [0.1, 0.15) is 11.1 Å². The number of hydrazone groups is 1. The van der Waals surface area contributed by atoms with Crippen LogP contribution in [0.2, 0.25) is 5.02 Å². The standard InChI is InChI=1S/C20H16ClFN2O/c21-17-5-1-4-16(11-17)14-25-20-6-2-3-15(12-20)13-23-24-19-9-7-18(22)8-10-19/h1-13,24H,14H2. The van der Waals surface area contributed by atoms with E-state index in [-0.39, 0.29) is 5.82 Å². The van der Waals surface area contributed by atoms with Gasteiger partial charge in [-0.3, -0.25) is 5.43 Å². The van der Waals surface area contributed by atoms with E-state index in [0.717, 1.165) is 16.9 Å². The van der Waals surface area contributed by atoms with Gasteiger partial charge in [-0.15, -0.1) is 0 Å². The highest BCUT2D eigenvalue weighted by Crippen LogP contribution is 2.16. The van der Waals surface area contributed by atoms with Crippen LogP contribution in [-0.4, -0.2) is 6.21 Å². The van der Waals surface area contributed by atoms with E-state index in [1.54, 1.807) is 18.3 Å². The van der Waals surface area contributed by atoms with E-state index in [0.29, 0.717) is 17.3 Å². The van der Waals surface area contributed by atoms with Gasteiger partial charge in [0.25, 0.3) is 0 Å². The molecule has 3 aromatic carbocycles. The second kappa shape index (κ2) is 8.31. The van der Waals surface area contributed by atoms with Crippen molar-refractivity contribution in [3.63, 3.8) is 0 Å². The van der Waals surface area contributed by atoms with Crippen LogP contribution in [0.4, 0.5) is 10.1 Å². The molecule has 0 aliphatic heterocycles. The number of anilines is 1. The first-order valence-corrected chi connectivity index (χ1v) is 8.09. The number of nitrogens with one attached hydrogen (secondary N) is 1. The molecule has 0 radical (unpaired) electrons. The molecule has 0 heterocycles. The molecule has 0 saturated heterocycles. The summed E-state index contributed by atoms with van der Waals surface area (Å²) in [6.45, 7) is 0.439. The van der Waals surface area contributed by atoms with Crippen LogP contribution in [0.25, 0.3) is 0 Å². The molecule has 5 heteroatoms.